The molecule has 1 N–H and O–H groups in total. The van der Waals surface area contributed by atoms with Gasteiger partial charge >= 0.3 is 0 Å². The SMILES string of the molecule is C[C@H]1c2nc(-c3ccccc3)nn2CCN1C(=O)c1cc(-n2cnnn2)n[nH]1. The Morgan fingerprint density at radius 1 is 1.21 bits per heavy atom. The lowest BCUT2D eigenvalue weighted by Crippen LogP contribution is -2.41. The third-order valence-corrected chi connectivity index (χ3v) is 4.77. The molecule has 4 heterocycles. The molecule has 4 aromatic rings. The highest BCUT2D eigenvalue weighted by Gasteiger charge is 2.32. The number of benzene rings is 1. The van der Waals surface area contributed by atoms with Crippen molar-refractivity contribution in [3.63, 3.8) is 0 Å². The van der Waals surface area contributed by atoms with Crippen molar-refractivity contribution in [2.45, 2.75) is 19.5 Å². The second-order valence-electron chi connectivity index (χ2n) is 6.45. The standard InChI is InChI=1S/C17H16N10O/c1-11-16-19-15(12-5-3-2-4-6-12)22-26(16)8-7-25(11)17(28)13-9-14(21-20-13)27-10-18-23-24-27/h2-6,9-11H,7-8H2,1H3,(H,20,21)/t11-/m0/s1. The first-order valence-electron chi connectivity index (χ1n) is 8.80. The lowest BCUT2D eigenvalue weighted by molar-refractivity contribution is 0.0624. The number of fused-ring (bicyclic) bond motifs is 1. The summed E-state index contributed by atoms with van der Waals surface area (Å²) < 4.78 is 3.26. The van der Waals surface area contributed by atoms with Crippen LogP contribution in [0.4, 0.5) is 0 Å². The second kappa shape index (κ2) is 6.37. The lowest BCUT2D eigenvalue weighted by Gasteiger charge is -2.32. The number of H-pyrrole nitrogens is 1. The fourth-order valence-corrected chi connectivity index (χ4v) is 3.31. The van der Waals surface area contributed by atoms with Gasteiger partial charge in [0.1, 0.15) is 17.8 Å². The van der Waals surface area contributed by atoms with E-state index >= 15 is 0 Å². The molecule has 5 rings (SSSR count). The second-order valence-corrected chi connectivity index (χ2v) is 6.45. The zero-order valence-electron chi connectivity index (χ0n) is 15.0. The summed E-state index contributed by atoms with van der Waals surface area (Å²) in [4.78, 5) is 19.5. The van der Waals surface area contributed by atoms with Gasteiger partial charge in [0.25, 0.3) is 5.91 Å². The van der Waals surface area contributed by atoms with Gasteiger partial charge in [-0.05, 0) is 17.4 Å². The smallest absolute Gasteiger partial charge is 0.272 e. The van der Waals surface area contributed by atoms with Crippen LogP contribution in [0.2, 0.25) is 0 Å². The van der Waals surface area contributed by atoms with Crippen LogP contribution in [0.5, 0.6) is 0 Å². The molecule has 0 radical (unpaired) electrons. The number of nitrogens with one attached hydrogen (secondary N) is 1. The Kier molecular flexibility index (Phi) is 3.71. The Hall–Kier alpha value is -3.89. The molecule has 1 aliphatic rings. The van der Waals surface area contributed by atoms with Crippen LogP contribution < -0.4 is 0 Å². The van der Waals surface area contributed by atoms with Crippen molar-refractivity contribution in [1.29, 1.82) is 0 Å². The lowest BCUT2D eigenvalue weighted by atomic mass is 10.2. The van der Waals surface area contributed by atoms with Crippen LogP contribution >= 0.6 is 0 Å². The molecule has 1 amide bonds. The van der Waals surface area contributed by atoms with Crippen molar-refractivity contribution in [3.05, 3.63) is 54.2 Å². The largest absolute Gasteiger partial charge is 0.326 e. The molecule has 3 aromatic heterocycles. The molecule has 0 fully saturated rings. The summed E-state index contributed by atoms with van der Waals surface area (Å²) in [7, 11) is 0. The van der Waals surface area contributed by atoms with E-state index in [4.69, 9.17) is 0 Å². The Bertz CT molecular complexity index is 1110. The van der Waals surface area contributed by atoms with Crippen molar-refractivity contribution in [2.24, 2.45) is 0 Å². The van der Waals surface area contributed by atoms with E-state index in [0.29, 0.717) is 30.4 Å². The molecular weight excluding hydrogens is 360 g/mol. The normalized spacial score (nSPS) is 16.2. The van der Waals surface area contributed by atoms with E-state index in [1.54, 1.807) is 11.0 Å². The summed E-state index contributed by atoms with van der Waals surface area (Å²) in [5, 5.41) is 22.4. The predicted molar refractivity (Wildman–Crippen MR) is 96.2 cm³/mol. The van der Waals surface area contributed by atoms with Crippen LogP contribution in [-0.4, -0.2) is 62.5 Å². The van der Waals surface area contributed by atoms with Gasteiger partial charge in [0.2, 0.25) is 0 Å². The third kappa shape index (κ3) is 2.64. The van der Waals surface area contributed by atoms with Crippen molar-refractivity contribution in [3.8, 4) is 17.2 Å². The molecule has 0 saturated heterocycles. The maximum absolute atomic E-state index is 13.0. The minimum Gasteiger partial charge on any atom is -0.326 e. The zero-order chi connectivity index (χ0) is 19.1. The van der Waals surface area contributed by atoms with Gasteiger partial charge in [-0.2, -0.15) is 14.9 Å². The monoisotopic (exact) mass is 376 g/mol. The van der Waals surface area contributed by atoms with E-state index in [1.807, 2.05) is 41.9 Å². The van der Waals surface area contributed by atoms with Crippen molar-refractivity contribution in [2.75, 3.05) is 6.54 Å². The molecule has 1 aromatic carbocycles. The maximum Gasteiger partial charge on any atom is 0.272 e. The Morgan fingerprint density at radius 3 is 2.86 bits per heavy atom. The molecule has 1 aliphatic heterocycles. The number of hydrogen-bond donors (Lipinski definition) is 1. The number of aromatic amines is 1. The van der Waals surface area contributed by atoms with Gasteiger partial charge < -0.3 is 4.90 Å². The van der Waals surface area contributed by atoms with E-state index in [0.717, 1.165) is 11.4 Å². The van der Waals surface area contributed by atoms with Crippen LogP contribution in [0.15, 0.2) is 42.7 Å². The average molecular weight is 376 g/mol. The molecule has 11 heteroatoms. The molecule has 0 bridgehead atoms. The topological polar surface area (TPSA) is 123 Å². The molecule has 1 atom stereocenters. The Balaban J connectivity index is 1.41. The van der Waals surface area contributed by atoms with E-state index in [-0.39, 0.29) is 11.9 Å². The molecular formula is C17H16N10O. The van der Waals surface area contributed by atoms with Crippen LogP contribution in [0.1, 0.15) is 29.3 Å². The first-order chi connectivity index (χ1) is 13.7. The highest BCUT2D eigenvalue weighted by Crippen LogP contribution is 2.27. The van der Waals surface area contributed by atoms with Crippen molar-refractivity contribution in [1.82, 2.24) is 50.1 Å². The maximum atomic E-state index is 13.0. The van der Waals surface area contributed by atoms with Crippen molar-refractivity contribution >= 4 is 5.91 Å². The van der Waals surface area contributed by atoms with E-state index in [2.05, 4.69) is 35.8 Å². The first-order valence-corrected chi connectivity index (χ1v) is 8.80. The fourth-order valence-electron chi connectivity index (χ4n) is 3.31. The molecule has 11 nitrogen and oxygen atoms in total. The van der Waals surface area contributed by atoms with Gasteiger partial charge in [0.05, 0.1) is 12.6 Å². The summed E-state index contributed by atoms with van der Waals surface area (Å²) in [6.45, 7) is 3.06. The van der Waals surface area contributed by atoms with Gasteiger partial charge in [0, 0.05) is 18.2 Å². The summed E-state index contributed by atoms with van der Waals surface area (Å²) in [6, 6.07) is 11.2. The fraction of sp³-hybridized carbons (Fsp3) is 0.235. The van der Waals surface area contributed by atoms with Crippen LogP contribution in [0.25, 0.3) is 17.2 Å². The average Bonchev–Trinajstić information content (AvgIpc) is 3.48. The number of hydrogen-bond acceptors (Lipinski definition) is 7. The van der Waals surface area contributed by atoms with Gasteiger partial charge in [-0.1, -0.05) is 30.3 Å². The number of amides is 1. The number of aromatic nitrogens is 9. The Labute approximate surface area is 159 Å². The summed E-state index contributed by atoms with van der Waals surface area (Å²) in [5.41, 5.74) is 1.32. The number of nitrogens with zero attached hydrogens (tertiary/aromatic N) is 9. The number of tetrazole rings is 1. The highest BCUT2D eigenvalue weighted by molar-refractivity contribution is 5.93. The highest BCUT2D eigenvalue weighted by atomic mass is 16.2. The predicted octanol–water partition coefficient (Wildman–Crippen LogP) is 0.861. The molecule has 0 spiro atoms. The molecule has 140 valence electrons. The van der Waals surface area contributed by atoms with E-state index in [9.17, 15) is 4.79 Å². The van der Waals surface area contributed by atoms with Crippen molar-refractivity contribution < 1.29 is 4.79 Å². The first kappa shape index (κ1) is 16.3. The van der Waals surface area contributed by atoms with Gasteiger partial charge in [0.15, 0.2) is 11.6 Å². The minimum absolute atomic E-state index is 0.158. The van der Waals surface area contributed by atoms with Gasteiger partial charge in [-0.15, -0.1) is 5.10 Å². The Morgan fingerprint density at radius 2 is 2.07 bits per heavy atom. The van der Waals surface area contributed by atoms with Gasteiger partial charge in [-0.25, -0.2) is 9.67 Å². The summed E-state index contributed by atoms with van der Waals surface area (Å²) in [6.07, 6.45) is 1.42. The van der Waals surface area contributed by atoms with Crippen LogP contribution in [-0.2, 0) is 6.54 Å². The molecule has 0 aliphatic carbocycles. The van der Waals surface area contributed by atoms with E-state index in [1.165, 1.54) is 11.0 Å². The number of rotatable bonds is 3. The van der Waals surface area contributed by atoms with Crippen LogP contribution in [0.3, 0.4) is 0 Å². The number of carbonyl (C=O) groups excluding carboxylic acids is 1. The molecule has 0 unspecified atom stereocenters. The zero-order valence-corrected chi connectivity index (χ0v) is 15.0. The summed E-state index contributed by atoms with van der Waals surface area (Å²) >= 11 is 0. The third-order valence-electron chi connectivity index (χ3n) is 4.77. The van der Waals surface area contributed by atoms with Crippen LogP contribution in [0, 0.1) is 0 Å². The molecule has 0 saturated carbocycles. The minimum atomic E-state index is -0.217. The summed E-state index contributed by atoms with van der Waals surface area (Å²) in [5.74, 6) is 1.72. The molecule has 28 heavy (non-hydrogen) atoms. The number of carbonyl (C=O) groups is 1. The van der Waals surface area contributed by atoms with E-state index < -0.39 is 0 Å². The quantitative estimate of drug-likeness (QED) is 0.562. The van der Waals surface area contributed by atoms with Gasteiger partial charge in [-0.3, -0.25) is 9.89 Å².